The van der Waals surface area contributed by atoms with Crippen LogP contribution in [0.5, 0.6) is 0 Å². The summed E-state index contributed by atoms with van der Waals surface area (Å²) < 4.78 is 15.0. The third kappa shape index (κ3) is 4.94. The molecule has 1 unspecified atom stereocenters. The summed E-state index contributed by atoms with van der Waals surface area (Å²) in [4.78, 5) is 14.9. The van der Waals surface area contributed by atoms with E-state index in [2.05, 4.69) is 29.2 Å². The van der Waals surface area contributed by atoms with Crippen LogP contribution in [0, 0.1) is 19.7 Å². The Hall–Kier alpha value is -2.99. The number of aryl methyl sites for hydroxylation is 1. The molecule has 30 heavy (non-hydrogen) atoms. The van der Waals surface area contributed by atoms with E-state index < -0.39 is 0 Å². The van der Waals surface area contributed by atoms with Gasteiger partial charge in [0.15, 0.2) is 0 Å². The van der Waals surface area contributed by atoms with Crippen LogP contribution in [0.1, 0.15) is 43.3 Å². The number of benzene rings is 2. The summed E-state index contributed by atoms with van der Waals surface area (Å²) in [7, 11) is 0. The molecular formula is C24H29FN4O. The first-order valence-electron chi connectivity index (χ1n) is 10.3. The molecular weight excluding hydrogens is 379 g/mol. The molecule has 3 aromatic rings. The topological polar surface area (TPSA) is 50.2 Å². The summed E-state index contributed by atoms with van der Waals surface area (Å²) >= 11 is 0. The molecule has 3 rings (SSSR count). The minimum atomic E-state index is -0.241. The lowest BCUT2D eigenvalue weighted by Gasteiger charge is -2.28. The standard InChI is InChI=1S/C24H29FN4O/c1-5-28(18(3)20-11-13-21(25)14-12-20)16-15-23(30)26-24-17(2)27-29(19(24)4)22-9-7-6-8-10-22/h6-14,18H,5,15-16H2,1-4H3,(H,26,30). The number of carbonyl (C=O) groups excluding carboxylic acids is 1. The highest BCUT2D eigenvalue weighted by molar-refractivity contribution is 5.92. The number of amides is 1. The van der Waals surface area contributed by atoms with Gasteiger partial charge in [0.25, 0.3) is 0 Å². The fraction of sp³-hybridized carbons (Fsp3) is 0.333. The van der Waals surface area contributed by atoms with Crippen molar-refractivity contribution in [3.8, 4) is 5.69 Å². The van der Waals surface area contributed by atoms with Gasteiger partial charge in [0, 0.05) is 19.0 Å². The number of hydrogen-bond acceptors (Lipinski definition) is 3. The van der Waals surface area contributed by atoms with Crippen molar-refractivity contribution in [1.29, 1.82) is 0 Å². The SMILES string of the molecule is CCN(CCC(=O)Nc1c(C)nn(-c2ccccc2)c1C)C(C)c1ccc(F)cc1. The lowest BCUT2D eigenvalue weighted by molar-refractivity contribution is -0.116. The molecule has 2 aromatic carbocycles. The fourth-order valence-corrected chi connectivity index (χ4v) is 3.67. The van der Waals surface area contributed by atoms with Crippen molar-refractivity contribution in [2.75, 3.05) is 18.4 Å². The average Bonchev–Trinajstić information content (AvgIpc) is 3.03. The predicted molar refractivity (Wildman–Crippen MR) is 118 cm³/mol. The zero-order valence-electron chi connectivity index (χ0n) is 18.0. The van der Waals surface area contributed by atoms with E-state index in [9.17, 15) is 9.18 Å². The van der Waals surface area contributed by atoms with Gasteiger partial charge < -0.3 is 5.32 Å². The van der Waals surface area contributed by atoms with Gasteiger partial charge in [0.2, 0.25) is 5.91 Å². The highest BCUT2D eigenvalue weighted by Gasteiger charge is 2.18. The number of nitrogens with zero attached hydrogens (tertiary/aromatic N) is 3. The van der Waals surface area contributed by atoms with E-state index in [1.807, 2.05) is 48.9 Å². The summed E-state index contributed by atoms with van der Waals surface area (Å²) in [5.41, 5.74) is 4.45. The molecule has 0 aliphatic rings. The molecule has 1 atom stereocenters. The zero-order chi connectivity index (χ0) is 21.7. The number of hydrogen-bond donors (Lipinski definition) is 1. The number of rotatable bonds is 8. The lowest BCUT2D eigenvalue weighted by Crippen LogP contribution is -2.30. The van der Waals surface area contributed by atoms with Crippen LogP contribution in [-0.4, -0.2) is 33.7 Å². The van der Waals surface area contributed by atoms with Crippen LogP contribution >= 0.6 is 0 Å². The first-order valence-corrected chi connectivity index (χ1v) is 10.3. The second-order valence-corrected chi connectivity index (χ2v) is 7.45. The van der Waals surface area contributed by atoms with Gasteiger partial charge in [0.05, 0.1) is 22.8 Å². The highest BCUT2D eigenvalue weighted by atomic mass is 19.1. The Bertz CT molecular complexity index is 982. The quantitative estimate of drug-likeness (QED) is 0.568. The van der Waals surface area contributed by atoms with Gasteiger partial charge >= 0.3 is 0 Å². The van der Waals surface area contributed by atoms with Crippen molar-refractivity contribution in [1.82, 2.24) is 14.7 Å². The summed E-state index contributed by atoms with van der Waals surface area (Å²) in [6.07, 6.45) is 0.370. The van der Waals surface area contributed by atoms with Gasteiger partial charge in [-0.3, -0.25) is 9.69 Å². The molecule has 1 amide bonds. The second-order valence-electron chi connectivity index (χ2n) is 7.45. The molecule has 5 nitrogen and oxygen atoms in total. The molecule has 0 radical (unpaired) electrons. The first kappa shape index (κ1) is 21.7. The Labute approximate surface area is 177 Å². The predicted octanol–water partition coefficient (Wildman–Crippen LogP) is 5.04. The van der Waals surface area contributed by atoms with Crippen molar-refractivity contribution in [2.24, 2.45) is 0 Å². The molecule has 1 heterocycles. The molecule has 158 valence electrons. The average molecular weight is 409 g/mol. The van der Waals surface area contributed by atoms with Gasteiger partial charge in [-0.25, -0.2) is 9.07 Å². The maximum atomic E-state index is 13.2. The Balaban J connectivity index is 1.64. The molecule has 0 saturated carbocycles. The maximum Gasteiger partial charge on any atom is 0.225 e. The summed E-state index contributed by atoms with van der Waals surface area (Å²) in [6.45, 7) is 9.42. The van der Waals surface area contributed by atoms with Gasteiger partial charge in [-0.05, 0) is 57.1 Å². The fourth-order valence-electron chi connectivity index (χ4n) is 3.67. The van der Waals surface area contributed by atoms with Crippen molar-refractivity contribution in [2.45, 2.75) is 40.2 Å². The first-order chi connectivity index (χ1) is 14.4. The van der Waals surface area contributed by atoms with Crippen LogP contribution in [0.15, 0.2) is 54.6 Å². The van der Waals surface area contributed by atoms with Gasteiger partial charge in [-0.2, -0.15) is 5.10 Å². The Morgan fingerprint density at radius 3 is 2.43 bits per heavy atom. The number of carbonyl (C=O) groups is 1. The molecule has 0 saturated heterocycles. The molecule has 0 fully saturated rings. The van der Waals surface area contributed by atoms with E-state index in [0.717, 1.165) is 34.9 Å². The lowest BCUT2D eigenvalue weighted by atomic mass is 10.1. The third-order valence-electron chi connectivity index (χ3n) is 5.49. The number of para-hydroxylation sites is 1. The van der Waals surface area contributed by atoms with Crippen LogP contribution in [0.4, 0.5) is 10.1 Å². The third-order valence-corrected chi connectivity index (χ3v) is 5.49. The van der Waals surface area contributed by atoms with E-state index >= 15 is 0 Å². The van der Waals surface area contributed by atoms with E-state index in [1.54, 1.807) is 12.1 Å². The molecule has 1 aromatic heterocycles. The van der Waals surface area contributed by atoms with Crippen LogP contribution in [0.25, 0.3) is 5.69 Å². The summed E-state index contributed by atoms with van der Waals surface area (Å²) in [5.74, 6) is -0.284. The Morgan fingerprint density at radius 2 is 1.80 bits per heavy atom. The smallest absolute Gasteiger partial charge is 0.225 e. The molecule has 0 aliphatic heterocycles. The van der Waals surface area contributed by atoms with E-state index in [4.69, 9.17) is 0 Å². The van der Waals surface area contributed by atoms with Crippen molar-refractivity contribution >= 4 is 11.6 Å². The second kappa shape index (κ2) is 9.67. The van der Waals surface area contributed by atoms with E-state index in [1.165, 1.54) is 12.1 Å². The minimum absolute atomic E-state index is 0.0430. The molecule has 0 aliphatic carbocycles. The number of aromatic nitrogens is 2. The van der Waals surface area contributed by atoms with Crippen LogP contribution in [-0.2, 0) is 4.79 Å². The maximum absolute atomic E-state index is 13.2. The van der Waals surface area contributed by atoms with Crippen molar-refractivity contribution in [3.63, 3.8) is 0 Å². The summed E-state index contributed by atoms with van der Waals surface area (Å²) in [6, 6.07) is 16.5. The van der Waals surface area contributed by atoms with Crippen LogP contribution in [0.3, 0.4) is 0 Å². The number of anilines is 1. The van der Waals surface area contributed by atoms with E-state index in [0.29, 0.717) is 13.0 Å². The molecule has 0 bridgehead atoms. The summed E-state index contributed by atoms with van der Waals surface area (Å²) in [5, 5.41) is 7.62. The van der Waals surface area contributed by atoms with Gasteiger partial charge in [0.1, 0.15) is 5.82 Å². The largest absolute Gasteiger partial charge is 0.323 e. The van der Waals surface area contributed by atoms with Gasteiger partial charge in [-0.15, -0.1) is 0 Å². The van der Waals surface area contributed by atoms with Crippen molar-refractivity contribution < 1.29 is 9.18 Å². The van der Waals surface area contributed by atoms with Crippen molar-refractivity contribution in [3.05, 3.63) is 77.4 Å². The monoisotopic (exact) mass is 408 g/mol. The van der Waals surface area contributed by atoms with Crippen LogP contribution in [0.2, 0.25) is 0 Å². The van der Waals surface area contributed by atoms with Gasteiger partial charge in [-0.1, -0.05) is 37.3 Å². The Morgan fingerprint density at radius 1 is 1.13 bits per heavy atom. The highest BCUT2D eigenvalue weighted by Crippen LogP contribution is 2.24. The Kier molecular flexibility index (Phi) is 7.00. The molecule has 6 heteroatoms. The normalized spacial score (nSPS) is 12.2. The van der Waals surface area contributed by atoms with E-state index in [-0.39, 0.29) is 17.8 Å². The number of halogens is 1. The minimum Gasteiger partial charge on any atom is -0.323 e. The van der Waals surface area contributed by atoms with Crippen LogP contribution < -0.4 is 5.32 Å². The molecule has 0 spiro atoms. The molecule has 1 N–H and O–H groups in total. The zero-order valence-corrected chi connectivity index (χ0v) is 18.0. The number of nitrogens with one attached hydrogen (secondary N) is 1.